The first-order chi connectivity index (χ1) is 19.9. The zero-order valence-corrected chi connectivity index (χ0v) is 27.6. The molecule has 3 heteroatoms. The van der Waals surface area contributed by atoms with Gasteiger partial charge in [0.2, 0.25) is 0 Å². The van der Waals surface area contributed by atoms with E-state index in [9.17, 15) is 0 Å². The second-order valence-electron chi connectivity index (χ2n) is 11.1. The zero-order chi connectivity index (χ0) is 29.7. The van der Waals surface area contributed by atoms with Crippen LogP contribution in [-0.2, 0) is 6.42 Å². The van der Waals surface area contributed by atoms with E-state index in [2.05, 4.69) is 125 Å². The van der Waals surface area contributed by atoms with Crippen molar-refractivity contribution in [1.29, 1.82) is 0 Å². The molecule has 0 heterocycles. The van der Waals surface area contributed by atoms with Crippen LogP contribution in [0.3, 0.4) is 0 Å². The molecule has 0 radical (unpaired) electrons. The Balaban J connectivity index is 1.74. The first kappa shape index (κ1) is 34.7. The van der Waals surface area contributed by atoms with Crippen molar-refractivity contribution in [3.8, 4) is 5.75 Å². The van der Waals surface area contributed by atoms with Crippen molar-refractivity contribution in [2.75, 3.05) is 32.0 Å². The molecule has 0 amide bonds. The van der Waals surface area contributed by atoms with Crippen LogP contribution in [0.15, 0.2) is 94.4 Å². The van der Waals surface area contributed by atoms with Crippen LogP contribution >= 0.6 is 11.8 Å². The lowest BCUT2D eigenvalue weighted by Crippen LogP contribution is -2.24. The predicted molar refractivity (Wildman–Crippen MR) is 184 cm³/mol. The van der Waals surface area contributed by atoms with Crippen molar-refractivity contribution in [2.24, 2.45) is 0 Å². The Morgan fingerprint density at radius 3 is 2.20 bits per heavy atom. The monoisotopic (exact) mass is 573 g/mol. The van der Waals surface area contributed by atoms with Gasteiger partial charge in [0.25, 0.3) is 0 Å². The minimum absolute atomic E-state index is 0.789. The maximum Gasteiger partial charge on any atom is 0.119 e. The van der Waals surface area contributed by atoms with E-state index in [1.54, 1.807) is 0 Å². The SMILES string of the molecule is CCN(CC)CCCCOc1ccc(C/C=C/c2ccccc2SCC=C(C)CCC=C(C)CCC=C(C)C)cc1. The lowest BCUT2D eigenvalue weighted by atomic mass is 10.1. The van der Waals surface area contributed by atoms with Crippen molar-refractivity contribution in [3.63, 3.8) is 0 Å². The summed E-state index contributed by atoms with van der Waals surface area (Å²) in [5.41, 5.74) is 7.00. The van der Waals surface area contributed by atoms with Gasteiger partial charge in [0, 0.05) is 10.6 Å². The topological polar surface area (TPSA) is 12.5 Å². The average Bonchev–Trinajstić information content (AvgIpc) is 2.96. The molecule has 2 aromatic rings. The van der Waals surface area contributed by atoms with E-state index in [0.717, 1.165) is 69.8 Å². The van der Waals surface area contributed by atoms with E-state index in [-0.39, 0.29) is 0 Å². The second kappa shape index (κ2) is 21.2. The summed E-state index contributed by atoms with van der Waals surface area (Å²) in [5, 5.41) is 0. The van der Waals surface area contributed by atoms with Gasteiger partial charge in [-0.05, 0) is 122 Å². The lowest BCUT2D eigenvalue weighted by Gasteiger charge is -2.17. The van der Waals surface area contributed by atoms with E-state index in [1.807, 2.05) is 11.8 Å². The number of allylic oxidation sites excluding steroid dienone is 6. The van der Waals surface area contributed by atoms with Crippen molar-refractivity contribution in [3.05, 3.63) is 101 Å². The first-order valence-corrected chi connectivity index (χ1v) is 16.7. The molecule has 2 aromatic carbocycles. The van der Waals surface area contributed by atoms with Crippen molar-refractivity contribution in [1.82, 2.24) is 4.90 Å². The summed E-state index contributed by atoms with van der Waals surface area (Å²) in [6.07, 6.45) is 19.5. The number of hydrogen-bond donors (Lipinski definition) is 0. The Morgan fingerprint density at radius 2 is 1.49 bits per heavy atom. The van der Waals surface area contributed by atoms with Gasteiger partial charge in [-0.1, -0.05) is 91.3 Å². The minimum Gasteiger partial charge on any atom is -0.494 e. The molecule has 0 saturated heterocycles. The standard InChI is InChI=1S/C38H55NOS/c1-7-39(8-2)29-11-12-30-40-37-26-24-35(25-27-37)20-15-22-36-21-9-10-23-38(36)41-31-28-34(6)19-14-18-33(5)17-13-16-32(3)4/h9-10,15-16,18,21-28H,7-8,11-14,17,19-20,29-31H2,1-6H3/b22-15+,33-18?,34-28?. The molecule has 0 aromatic heterocycles. The van der Waals surface area contributed by atoms with E-state index in [4.69, 9.17) is 4.74 Å². The third-order valence-electron chi connectivity index (χ3n) is 7.32. The van der Waals surface area contributed by atoms with Crippen LogP contribution in [0.25, 0.3) is 6.08 Å². The lowest BCUT2D eigenvalue weighted by molar-refractivity contribution is 0.266. The number of nitrogens with zero attached hydrogens (tertiary/aromatic N) is 1. The summed E-state index contributed by atoms with van der Waals surface area (Å²) in [7, 11) is 0. The molecule has 0 aliphatic rings. The van der Waals surface area contributed by atoms with Crippen LogP contribution in [0.1, 0.15) is 91.2 Å². The molecule has 0 saturated carbocycles. The molecule has 0 bridgehead atoms. The van der Waals surface area contributed by atoms with Crippen LogP contribution < -0.4 is 4.74 Å². The van der Waals surface area contributed by atoms with Gasteiger partial charge in [-0.25, -0.2) is 0 Å². The zero-order valence-electron chi connectivity index (χ0n) is 26.8. The fourth-order valence-corrected chi connectivity index (χ4v) is 5.60. The maximum absolute atomic E-state index is 5.96. The Labute approximate surface area is 256 Å². The Morgan fingerprint density at radius 1 is 0.805 bits per heavy atom. The van der Waals surface area contributed by atoms with Gasteiger partial charge in [0.15, 0.2) is 0 Å². The Bertz CT molecular complexity index is 1100. The fraction of sp³-hybridized carbons (Fsp3) is 0.474. The van der Waals surface area contributed by atoms with Gasteiger partial charge >= 0.3 is 0 Å². The highest BCUT2D eigenvalue weighted by molar-refractivity contribution is 7.99. The Hall–Kier alpha value is -2.49. The number of rotatable bonds is 20. The van der Waals surface area contributed by atoms with Gasteiger partial charge in [-0.3, -0.25) is 0 Å². The van der Waals surface area contributed by atoms with Crippen LogP contribution in [0.4, 0.5) is 0 Å². The third-order valence-corrected chi connectivity index (χ3v) is 8.33. The minimum atomic E-state index is 0.789. The summed E-state index contributed by atoms with van der Waals surface area (Å²) < 4.78 is 5.96. The molecule has 224 valence electrons. The summed E-state index contributed by atoms with van der Waals surface area (Å²) in [6.45, 7) is 17.5. The van der Waals surface area contributed by atoms with E-state index >= 15 is 0 Å². The summed E-state index contributed by atoms with van der Waals surface area (Å²) in [5.74, 6) is 1.98. The normalized spacial score (nSPS) is 12.4. The van der Waals surface area contributed by atoms with Gasteiger partial charge in [0.1, 0.15) is 5.75 Å². The largest absolute Gasteiger partial charge is 0.494 e. The van der Waals surface area contributed by atoms with Gasteiger partial charge in [-0.2, -0.15) is 0 Å². The number of unbranched alkanes of at least 4 members (excludes halogenated alkanes) is 1. The number of ether oxygens (including phenoxy) is 1. The van der Waals surface area contributed by atoms with Gasteiger partial charge in [0.05, 0.1) is 6.61 Å². The number of hydrogen-bond acceptors (Lipinski definition) is 3. The third kappa shape index (κ3) is 15.9. The molecule has 0 fully saturated rings. The smallest absolute Gasteiger partial charge is 0.119 e. The van der Waals surface area contributed by atoms with Crippen molar-refractivity contribution >= 4 is 17.8 Å². The highest BCUT2D eigenvalue weighted by Gasteiger charge is 2.01. The average molecular weight is 574 g/mol. The van der Waals surface area contributed by atoms with Gasteiger partial charge < -0.3 is 9.64 Å². The summed E-state index contributed by atoms with van der Waals surface area (Å²) in [4.78, 5) is 3.81. The maximum atomic E-state index is 5.96. The molecule has 0 atom stereocenters. The Kier molecular flexibility index (Phi) is 18.0. The van der Waals surface area contributed by atoms with Crippen molar-refractivity contribution < 1.29 is 4.74 Å². The molecular formula is C38H55NOS. The summed E-state index contributed by atoms with van der Waals surface area (Å²) >= 11 is 1.92. The molecule has 0 unspecified atom stereocenters. The highest BCUT2D eigenvalue weighted by Crippen LogP contribution is 2.25. The van der Waals surface area contributed by atoms with Crippen LogP contribution in [-0.4, -0.2) is 36.9 Å². The predicted octanol–water partition coefficient (Wildman–Crippen LogP) is 11.0. The van der Waals surface area contributed by atoms with Crippen LogP contribution in [0.5, 0.6) is 5.75 Å². The molecule has 0 spiro atoms. The molecule has 2 nitrogen and oxygen atoms in total. The molecule has 0 aliphatic carbocycles. The quantitative estimate of drug-likeness (QED) is 0.0888. The summed E-state index contributed by atoms with van der Waals surface area (Å²) in [6, 6.07) is 17.3. The molecule has 2 rings (SSSR count). The molecule has 0 N–H and O–H groups in total. The van der Waals surface area contributed by atoms with Crippen LogP contribution in [0, 0.1) is 0 Å². The number of thioether (sulfide) groups is 1. The van der Waals surface area contributed by atoms with Crippen LogP contribution in [0.2, 0.25) is 0 Å². The van der Waals surface area contributed by atoms with Crippen molar-refractivity contribution in [2.45, 2.75) is 91.4 Å². The highest BCUT2D eigenvalue weighted by atomic mass is 32.2. The second-order valence-corrected chi connectivity index (χ2v) is 12.2. The fourth-order valence-electron chi connectivity index (χ4n) is 4.57. The molecule has 41 heavy (non-hydrogen) atoms. The molecule has 0 aliphatic heterocycles. The van der Waals surface area contributed by atoms with Gasteiger partial charge in [-0.15, -0.1) is 11.8 Å². The number of benzene rings is 2. The van der Waals surface area contributed by atoms with E-state index < -0.39 is 0 Å². The first-order valence-electron chi connectivity index (χ1n) is 15.7. The van der Waals surface area contributed by atoms with E-state index in [0.29, 0.717) is 0 Å². The molecular weight excluding hydrogens is 518 g/mol. The van der Waals surface area contributed by atoms with E-state index in [1.165, 1.54) is 45.6 Å².